The Morgan fingerprint density at radius 3 is 0.900 bits per heavy atom. The predicted octanol–water partition coefficient (Wildman–Crippen LogP) is 3.47. The molecule has 0 aromatic carbocycles. The standard InChI is InChI=1S/C9H20.Y/c1-8(2,3)7-9(4,5)6;/h7H2,1-6H3;. The zero-order valence-corrected chi connectivity index (χ0v) is 11.1. The number of rotatable bonds is 0. The van der Waals surface area contributed by atoms with Crippen LogP contribution in [0, 0.1) is 10.8 Å². The fraction of sp³-hybridized carbons (Fsp3) is 1.00. The maximum Gasteiger partial charge on any atom is 0 e. The molecular weight excluding hydrogens is 197 g/mol. The number of hydrogen-bond donors (Lipinski definition) is 0. The average molecular weight is 217 g/mol. The molecule has 0 heterocycles. The Morgan fingerprint density at radius 2 is 0.900 bits per heavy atom. The molecule has 0 aliphatic heterocycles. The minimum atomic E-state index is 0. The van der Waals surface area contributed by atoms with Crippen LogP contribution < -0.4 is 0 Å². The zero-order valence-electron chi connectivity index (χ0n) is 8.28. The van der Waals surface area contributed by atoms with Crippen LogP contribution in [0.1, 0.15) is 48.0 Å². The van der Waals surface area contributed by atoms with Gasteiger partial charge in [0.05, 0.1) is 0 Å². The van der Waals surface area contributed by atoms with Crippen molar-refractivity contribution in [1.29, 1.82) is 0 Å². The first kappa shape index (κ1) is 13.7. The third-order valence-electron chi connectivity index (χ3n) is 1.06. The van der Waals surface area contributed by atoms with Gasteiger partial charge in [-0.15, -0.1) is 0 Å². The van der Waals surface area contributed by atoms with E-state index in [0.717, 1.165) is 0 Å². The van der Waals surface area contributed by atoms with Gasteiger partial charge in [0, 0.05) is 32.7 Å². The molecule has 0 aliphatic carbocycles. The topological polar surface area (TPSA) is 0 Å². The van der Waals surface area contributed by atoms with Crippen LogP contribution in [0.3, 0.4) is 0 Å². The van der Waals surface area contributed by atoms with Crippen molar-refractivity contribution in [2.45, 2.75) is 48.0 Å². The average Bonchev–Trinajstić information content (AvgIpc) is 1.14. The molecule has 0 saturated heterocycles. The third-order valence-corrected chi connectivity index (χ3v) is 1.06. The molecule has 0 spiro atoms. The molecule has 0 bridgehead atoms. The van der Waals surface area contributed by atoms with Crippen molar-refractivity contribution in [3.05, 3.63) is 0 Å². The van der Waals surface area contributed by atoms with E-state index in [0.29, 0.717) is 10.8 Å². The Balaban J connectivity index is 0. The van der Waals surface area contributed by atoms with E-state index in [2.05, 4.69) is 41.5 Å². The summed E-state index contributed by atoms with van der Waals surface area (Å²) in [6.07, 6.45) is 1.29. The largest absolute Gasteiger partial charge is 0.0602 e. The van der Waals surface area contributed by atoms with Gasteiger partial charge in [0.2, 0.25) is 0 Å². The molecule has 0 N–H and O–H groups in total. The van der Waals surface area contributed by atoms with E-state index >= 15 is 0 Å². The molecule has 10 heavy (non-hydrogen) atoms. The van der Waals surface area contributed by atoms with Crippen LogP contribution in [0.2, 0.25) is 0 Å². The third kappa shape index (κ3) is 11.8. The Labute approximate surface area is 91.0 Å². The van der Waals surface area contributed by atoms with Gasteiger partial charge in [-0.1, -0.05) is 41.5 Å². The van der Waals surface area contributed by atoms with Gasteiger partial charge in [-0.05, 0) is 17.3 Å². The van der Waals surface area contributed by atoms with Crippen molar-refractivity contribution in [2.24, 2.45) is 10.8 Å². The van der Waals surface area contributed by atoms with Crippen molar-refractivity contribution in [2.75, 3.05) is 0 Å². The summed E-state index contributed by atoms with van der Waals surface area (Å²) >= 11 is 0. The summed E-state index contributed by atoms with van der Waals surface area (Å²) in [7, 11) is 0. The van der Waals surface area contributed by atoms with Gasteiger partial charge in [0.1, 0.15) is 0 Å². The predicted molar refractivity (Wildman–Crippen MR) is 43.5 cm³/mol. The minimum Gasteiger partial charge on any atom is -0.0602 e. The van der Waals surface area contributed by atoms with Crippen LogP contribution in [0.4, 0.5) is 0 Å². The summed E-state index contributed by atoms with van der Waals surface area (Å²) in [5.74, 6) is 0. The van der Waals surface area contributed by atoms with Crippen LogP contribution in [0.15, 0.2) is 0 Å². The molecule has 0 saturated carbocycles. The second-order valence-electron chi connectivity index (χ2n) is 5.30. The fourth-order valence-electron chi connectivity index (χ4n) is 1.59. The maximum absolute atomic E-state index is 2.29. The van der Waals surface area contributed by atoms with E-state index in [1.807, 2.05) is 0 Å². The second-order valence-corrected chi connectivity index (χ2v) is 5.30. The Kier molecular flexibility index (Phi) is 5.76. The van der Waals surface area contributed by atoms with Crippen molar-refractivity contribution in [3.63, 3.8) is 0 Å². The van der Waals surface area contributed by atoms with Crippen molar-refractivity contribution in [3.8, 4) is 0 Å². The van der Waals surface area contributed by atoms with Gasteiger partial charge < -0.3 is 0 Å². The van der Waals surface area contributed by atoms with Gasteiger partial charge >= 0.3 is 0 Å². The first-order valence-corrected chi connectivity index (χ1v) is 3.71. The molecule has 0 nitrogen and oxygen atoms in total. The van der Waals surface area contributed by atoms with Crippen molar-refractivity contribution in [1.82, 2.24) is 0 Å². The zero-order chi connectivity index (χ0) is 7.71. The molecule has 1 heteroatoms. The SMILES string of the molecule is CC(C)(C)CC(C)(C)C.[Y]. The smallest absolute Gasteiger partial charge is 0 e. The molecule has 0 fully saturated rings. The van der Waals surface area contributed by atoms with Crippen molar-refractivity contribution < 1.29 is 32.7 Å². The van der Waals surface area contributed by atoms with E-state index < -0.39 is 0 Å². The molecule has 0 amide bonds. The molecule has 0 rings (SSSR count). The van der Waals surface area contributed by atoms with E-state index in [4.69, 9.17) is 0 Å². The summed E-state index contributed by atoms with van der Waals surface area (Å²) in [4.78, 5) is 0. The van der Waals surface area contributed by atoms with Gasteiger partial charge in [0.15, 0.2) is 0 Å². The van der Waals surface area contributed by atoms with Gasteiger partial charge in [0.25, 0.3) is 0 Å². The van der Waals surface area contributed by atoms with E-state index in [-0.39, 0.29) is 32.7 Å². The molecular formula is C9H20Y. The van der Waals surface area contributed by atoms with Gasteiger partial charge in [-0.25, -0.2) is 0 Å². The molecule has 0 aromatic heterocycles. The Bertz CT molecular complexity index is 69.9. The normalized spacial score (nSPS) is 12.6. The number of hydrogen-bond acceptors (Lipinski definition) is 0. The van der Waals surface area contributed by atoms with Crippen molar-refractivity contribution >= 4 is 0 Å². The first-order valence-electron chi connectivity index (χ1n) is 3.71. The first-order chi connectivity index (χ1) is 3.71. The van der Waals surface area contributed by atoms with Gasteiger partial charge in [-0.2, -0.15) is 0 Å². The second kappa shape index (κ2) is 4.21. The van der Waals surface area contributed by atoms with E-state index in [1.54, 1.807) is 0 Å². The van der Waals surface area contributed by atoms with Crippen LogP contribution in [0.25, 0.3) is 0 Å². The van der Waals surface area contributed by atoms with Crippen LogP contribution >= 0.6 is 0 Å². The fourth-order valence-corrected chi connectivity index (χ4v) is 1.59. The van der Waals surface area contributed by atoms with E-state index in [9.17, 15) is 0 Å². The quantitative estimate of drug-likeness (QED) is 0.582. The van der Waals surface area contributed by atoms with Crippen LogP contribution in [-0.4, -0.2) is 0 Å². The minimum absolute atomic E-state index is 0. The summed E-state index contributed by atoms with van der Waals surface area (Å²) in [5.41, 5.74) is 0.969. The molecule has 0 aliphatic rings. The Hall–Kier alpha value is 1.10. The van der Waals surface area contributed by atoms with Crippen LogP contribution in [-0.2, 0) is 32.7 Å². The molecule has 0 unspecified atom stereocenters. The molecule has 59 valence electrons. The summed E-state index contributed by atoms with van der Waals surface area (Å²) in [6, 6.07) is 0. The Morgan fingerprint density at radius 1 is 0.700 bits per heavy atom. The summed E-state index contributed by atoms with van der Waals surface area (Å²) < 4.78 is 0. The molecule has 0 aromatic rings. The molecule has 0 atom stereocenters. The molecule has 1 radical (unpaired) electrons. The summed E-state index contributed by atoms with van der Waals surface area (Å²) in [6.45, 7) is 13.7. The maximum atomic E-state index is 2.29. The van der Waals surface area contributed by atoms with Gasteiger partial charge in [-0.3, -0.25) is 0 Å². The summed E-state index contributed by atoms with van der Waals surface area (Å²) in [5, 5.41) is 0. The van der Waals surface area contributed by atoms with Crippen LogP contribution in [0.5, 0.6) is 0 Å². The van der Waals surface area contributed by atoms with E-state index in [1.165, 1.54) is 6.42 Å². The monoisotopic (exact) mass is 217 g/mol.